The van der Waals surface area contributed by atoms with Crippen LogP contribution in [-0.2, 0) is 9.53 Å². The van der Waals surface area contributed by atoms with Crippen molar-refractivity contribution in [3.8, 4) is 0 Å². The lowest BCUT2D eigenvalue weighted by atomic mass is 9.86. The molecule has 2 aromatic rings. The first-order chi connectivity index (χ1) is 16.9. The van der Waals surface area contributed by atoms with E-state index in [-0.39, 0.29) is 24.1 Å². The molecule has 7 heteroatoms. The normalized spacial score (nSPS) is 26.3. The number of fused-ring (bicyclic) bond motifs is 1. The fourth-order valence-electron chi connectivity index (χ4n) is 6.77. The molecule has 0 N–H and O–H groups in total. The van der Waals surface area contributed by atoms with Gasteiger partial charge in [-0.05, 0) is 68.9 Å². The minimum atomic E-state index is -0.164. The average molecular weight is 481 g/mol. The monoisotopic (exact) mass is 480 g/mol. The van der Waals surface area contributed by atoms with Gasteiger partial charge in [0.1, 0.15) is 0 Å². The zero-order chi connectivity index (χ0) is 24.6. The number of furan rings is 1. The summed E-state index contributed by atoms with van der Waals surface area (Å²) in [5, 5.41) is 0. The molecule has 0 aliphatic carbocycles. The number of methoxy groups -OCH3 is 1. The number of hydrogen-bond donors (Lipinski definition) is 0. The number of hydrogen-bond acceptors (Lipinski definition) is 4. The van der Waals surface area contributed by atoms with E-state index in [0.29, 0.717) is 18.2 Å². The molecule has 3 unspecified atom stereocenters. The number of ether oxygens (including phenoxy) is 1. The summed E-state index contributed by atoms with van der Waals surface area (Å²) in [5.41, 5.74) is 2.84. The molecule has 1 aromatic carbocycles. The second kappa shape index (κ2) is 9.78. The molecule has 3 aliphatic rings. The molecule has 2 fully saturated rings. The zero-order valence-corrected chi connectivity index (χ0v) is 21.2. The first-order valence-electron chi connectivity index (χ1n) is 13.1. The molecular formula is C28H38N3O4+. The van der Waals surface area contributed by atoms with Crippen molar-refractivity contribution in [3.05, 3.63) is 47.9 Å². The number of nitrogens with zero attached hydrogens (tertiary/aromatic N) is 3. The Morgan fingerprint density at radius 2 is 1.83 bits per heavy atom. The highest BCUT2D eigenvalue weighted by atomic mass is 16.5. The summed E-state index contributed by atoms with van der Waals surface area (Å²) in [5.74, 6) is 0.545. The van der Waals surface area contributed by atoms with Gasteiger partial charge in [-0.1, -0.05) is 6.07 Å². The summed E-state index contributed by atoms with van der Waals surface area (Å²) in [4.78, 5) is 29.6. The minimum absolute atomic E-state index is 0.00808. The van der Waals surface area contributed by atoms with Crippen LogP contribution in [0.2, 0.25) is 0 Å². The quantitative estimate of drug-likeness (QED) is 0.585. The van der Waals surface area contributed by atoms with E-state index in [1.165, 1.54) is 50.6 Å². The number of rotatable bonds is 3. The van der Waals surface area contributed by atoms with Crippen molar-refractivity contribution >= 4 is 23.2 Å². The Hall–Kier alpha value is -2.64. The fraction of sp³-hybridized carbons (Fsp3) is 0.571. The van der Waals surface area contributed by atoms with Gasteiger partial charge >= 0.3 is 0 Å². The predicted molar refractivity (Wildman–Crippen MR) is 136 cm³/mol. The molecule has 4 heterocycles. The lowest BCUT2D eigenvalue weighted by molar-refractivity contribution is -0.976. The minimum Gasteiger partial charge on any atom is -0.459 e. The molecule has 3 atom stereocenters. The van der Waals surface area contributed by atoms with Crippen molar-refractivity contribution in [1.29, 1.82) is 0 Å². The van der Waals surface area contributed by atoms with E-state index in [4.69, 9.17) is 9.15 Å². The summed E-state index contributed by atoms with van der Waals surface area (Å²) in [6.45, 7) is 7.44. The number of amides is 2. The third kappa shape index (κ3) is 4.40. The first-order valence-corrected chi connectivity index (χ1v) is 13.1. The van der Waals surface area contributed by atoms with E-state index in [1.54, 1.807) is 24.0 Å². The Morgan fingerprint density at radius 3 is 2.49 bits per heavy atom. The van der Waals surface area contributed by atoms with Gasteiger partial charge in [0.15, 0.2) is 12.0 Å². The van der Waals surface area contributed by atoms with Gasteiger partial charge in [-0.15, -0.1) is 0 Å². The topological polar surface area (TPSA) is 63.0 Å². The van der Waals surface area contributed by atoms with Crippen molar-refractivity contribution in [2.45, 2.75) is 70.6 Å². The Kier molecular flexibility index (Phi) is 6.73. The maximum Gasteiger partial charge on any atom is 0.294 e. The molecule has 7 nitrogen and oxygen atoms in total. The molecule has 2 amide bonds. The summed E-state index contributed by atoms with van der Waals surface area (Å²) < 4.78 is 12.5. The van der Waals surface area contributed by atoms with Gasteiger partial charge < -0.3 is 19.0 Å². The number of anilines is 2. The van der Waals surface area contributed by atoms with Gasteiger partial charge in [0.05, 0.1) is 43.3 Å². The largest absolute Gasteiger partial charge is 0.459 e. The second-order valence-electron chi connectivity index (χ2n) is 10.6. The van der Waals surface area contributed by atoms with Gasteiger partial charge in [-0.3, -0.25) is 14.1 Å². The van der Waals surface area contributed by atoms with E-state index in [9.17, 15) is 9.59 Å². The van der Waals surface area contributed by atoms with Crippen molar-refractivity contribution in [3.63, 3.8) is 0 Å². The highest BCUT2D eigenvalue weighted by Gasteiger charge is 2.44. The van der Waals surface area contributed by atoms with Crippen LogP contribution in [0.15, 0.2) is 41.0 Å². The number of piperidine rings is 1. The van der Waals surface area contributed by atoms with Crippen LogP contribution in [0.5, 0.6) is 0 Å². The van der Waals surface area contributed by atoms with E-state index in [0.717, 1.165) is 35.2 Å². The Labute approximate surface area is 208 Å². The summed E-state index contributed by atoms with van der Waals surface area (Å²) in [6.07, 6.45) is 9.04. The van der Waals surface area contributed by atoms with E-state index in [2.05, 4.69) is 12.1 Å². The molecule has 5 rings (SSSR count). The molecule has 3 aliphatic heterocycles. The van der Waals surface area contributed by atoms with Crippen molar-refractivity contribution in [2.75, 3.05) is 43.1 Å². The Bertz CT molecular complexity index is 1060. The summed E-state index contributed by atoms with van der Waals surface area (Å²) >= 11 is 0. The lowest BCUT2D eigenvalue weighted by Crippen LogP contribution is -2.61. The van der Waals surface area contributed by atoms with Gasteiger partial charge in [-0.2, -0.15) is 0 Å². The number of quaternary nitrogens is 1. The molecular weight excluding hydrogens is 442 g/mol. The van der Waals surface area contributed by atoms with Gasteiger partial charge in [-0.25, -0.2) is 0 Å². The number of benzene rings is 1. The molecule has 1 spiro atoms. The van der Waals surface area contributed by atoms with Crippen LogP contribution in [-0.4, -0.2) is 61.9 Å². The zero-order valence-electron chi connectivity index (χ0n) is 21.2. The van der Waals surface area contributed by atoms with Crippen LogP contribution in [0.1, 0.15) is 74.4 Å². The summed E-state index contributed by atoms with van der Waals surface area (Å²) in [6, 6.07) is 9.69. The molecule has 188 valence electrons. The van der Waals surface area contributed by atoms with E-state index >= 15 is 0 Å². The van der Waals surface area contributed by atoms with Crippen LogP contribution < -0.4 is 9.80 Å². The molecule has 35 heavy (non-hydrogen) atoms. The standard InChI is InChI=1S/C28H38N3O4/c1-20-18-29(28(33)26-9-8-16-35-26)25-17-22(10-12-24(25)30(20)21(2)32)23-11-13-27(34-3)31(19-23)14-6-4-5-7-15-31/h8-10,12,16-17,20,23,27H,4-7,11,13-15,18-19H2,1-3H3/q+1. The Balaban J connectivity index is 1.51. The highest BCUT2D eigenvalue weighted by molar-refractivity contribution is 6.09. The number of carbonyl (C=O) groups excluding carboxylic acids is 2. The van der Waals surface area contributed by atoms with Crippen LogP contribution >= 0.6 is 0 Å². The Morgan fingerprint density at radius 1 is 1.06 bits per heavy atom. The lowest BCUT2D eigenvalue weighted by Gasteiger charge is -2.49. The van der Waals surface area contributed by atoms with Gasteiger partial charge in [0, 0.05) is 32.9 Å². The summed E-state index contributed by atoms with van der Waals surface area (Å²) in [7, 11) is 1.87. The molecule has 1 aromatic heterocycles. The molecule has 2 saturated heterocycles. The maximum atomic E-state index is 13.4. The molecule has 0 bridgehead atoms. The maximum absolute atomic E-state index is 13.4. The van der Waals surface area contributed by atoms with Gasteiger partial charge in [0.25, 0.3) is 5.91 Å². The third-order valence-corrected chi connectivity index (χ3v) is 8.41. The SMILES string of the molecule is COC1CCC(c2ccc3c(c2)N(C(=O)c2ccco2)CC(C)N3C(C)=O)C[N+]12CCCCCC2. The molecule has 0 saturated carbocycles. The third-order valence-electron chi connectivity index (χ3n) is 8.41. The van der Waals surface area contributed by atoms with Crippen molar-refractivity contribution < 1.29 is 23.2 Å². The van der Waals surface area contributed by atoms with Crippen LogP contribution in [0, 0.1) is 0 Å². The van der Waals surface area contributed by atoms with Gasteiger partial charge in [0.2, 0.25) is 5.91 Å². The first kappa shape index (κ1) is 24.1. The average Bonchev–Trinajstić information content (AvgIpc) is 3.30. The molecule has 0 radical (unpaired) electrons. The van der Waals surface area contributed by atoms with Crippen molar-refractivity contribution in [1.82, 2.24) is 0 Å². The van der Waals surface area contributed by atoms with E-state index in [1.807, 2.05) is 25.0 Å². The highest BCUT2D eigenvalue weighted by Crippen LogP contribution is 2.42. The van der Waals surface area contributed by atoms with Crippen LogP contribution in [0.3, 0.4) is 0 Å². The smallest absolute Gasteiger partial charge is 0.294 e. The van der Waals surface area contributed by atoms with E-state index < -0.39 is 0 Å². The fourth-order valence-corrected chi connectivity index (χ4v) is 6.77. The second-order valence-corrected chi connectivity index (χ2v) is 10.6. The van der Waals surface area contributed by atoms with Crippen LogP contribution in [0.25, 0.3) is 0 Å². The van der Waals surface area contributed by atoms with Crippen LogP contribution in [0.4, 0.5) is 11.4 Å². The predicted octanol–water partition coefficient (Wildman–Crippen LogP) is 4.92. The number of carbonyl (C=O) groups is 2. The van der Waals surface area contributed by atoms with Crippen molar-refractivity contribution in [2.24, 2.45) is 0 Å².